The topological polar surface area (TPSA) is 132 Å². The molecule has 0 aromatic carbocycles. The van der Waals surface area contributed by atoms with Crippen LogP contribution in [0, 0.1) is 12.8 Å². The van der Waals surface area contributed by atoms with Crippen molar-refractivity contribution in [3.05, 3.63) is 38.7 Å². The largest absolute Gasteiger partial charge is 0.462 e. The SMILES string of the molecule is CCOC(=O)c1sc(N2CC[C@@H](NC(=O)c3[nH]c(C)c(Cl)c3Cl)[C@@H](OCC)C2)nc1-c1cnc(N2CCN(CC3CCCN(C)C3)CC2)cn1. The Balaban J connectivity index is 1.13. The number of amides is 1. The molecule has 3 aromatic heterocycles. The van der Waals surface area contributed by atoms with Gasteiger partial charge < -0.3 is 34.5 Å². The monoisotopic (exact) mass is 747 g/mol. The molecule has 272 valence electrons. The Morgan fingerprint density at radius 1 is 1.00 bits per heavy atom. The molecule has 0 saturated carbocycles. The number of H-pyrrole nitrogens is 1. The number of aryl methyl sites for hydroxylation is 1. The summed E-state index contributed by atoms with van der Waals surface area (Å²) < 4.78 is 11.5. The van der Waals surface area contributed by atoms with Crippen LogP contribution in [0.3, 0.4) is 0 Å². The zero-order chi connectivity index (χ0) is 35.4. The molecule has 13 nitrogen and oxygen atoms in total. The average molecular weight is 749 g/mol. The van der Waals surface area contributed by atoms with Gasteiger partial charge >= 0.3 is 5.97 Å². The first-order valence-electron chi connectivity index (χ1n) is 17.5. The number of rotatable bonds is 11. The van der Waals surface area contributed by atoms with Crippen LogP contribution in [-0.4, -0.2) is 133 Å². The zero-order valence-electron chi connectivity index (χ0n) is 29.2. The van der Waals surface area contributed by atoms with Crippen molar-refractivity contribution in [1.29, 1.82) is 0 Å². The fourth-order valence-electron chi connectivity index (χ4n) is 7.11. The Morgan fingerprint density at radius 3 is 2.46 bits per heavy atom. The third-order valence-corrected chi connectivity index (χ3v) is 11.7. The number of piperidine rings is 2. The first-order chi connectivity index (χ1) is 24.1. The standard InChI is InChI=1S/C34H47Cl2N9O4S/c1-5-48-25-20-45(11-9-23(25)40-32(46)30-28(36)27(35)21(3)39-30)34-41-29(31(50-34)33(47)49-6-2)24-16-38-26(17-37-24)44-14-12-43(13-15-44)19-22-8-7-10-42(4)18-22/h16-17,22-23,25,39H,5-15,18-20H2,1-4H3,(H,40,46)/t22?,23-,25+/m1/s1. The third-order valence-electron chi connectivity index (χ3n) is 9.70. The van der Waals surface area contributed by atoms with E-state index >= 15 is 0 Å². The molecule has 3 fully saturated rings. The zero-order valence-corrected chi connectivity index (χ0v) is 31.5. The molecular formula is C34H47Cl2N9O4S. The molecule has 3 aliphatic heterocycles. The molecular weight excluding hydrogens is 701 g/mol. The number of anilines is 2. The predicted molar refractivity (Wildman–Crippen MR) is 197 cm³/mol. The number of hydrogen-bond donors (Lipinski definition) is 2. The van der Waals surface area contributed by atoms with Gasteiger partial charge in [0.15, 0.2) is 5.13 Å². The molecule has 1 amide bonds. The van der Waals surface area contributed by atoms with Gasteiger partial charge in [-0.3, -0.25) is 9.69 Å². The van der Waals surface area contributed by atoms with Gasteiger partial charge in [0, 0.05) is 64.7 Å². The van der Waals surface area contributed by atoms with Crippen LogP contribution in [0.4, 0.5) is 10.9 Å². The maximum atomic E-state index is 13.1. The summed E-state index contributed by atoms with van der Waals surface area (Å²) in [5, 5.41) is 4.26. The third kappa shape index (κ3) is 8.37. The Kier molecular flexibility index (Phi) is 12.2. The van der Waals surface area contributed by atoms with Crippen molar-refractivity contribution in [2.24, 2.45) is 5.92 Å². The fourth-order valence-corrected chi connectivity index (χ4v) is 8.53. The summed E-state index contributed by atoms with van der Waals surface area (Å²) >= 11 is 13.8. The second-order valence-electron chi connectivity index (χ2n) is 13.3. The van der Waals surface area contributed by atoms with E-state index in [-0.39, 0.29) is 35.4 Å². The van der Waals surface area contributed by atoms with E-state index in [9.17, 15) is 9.59 Å². The number of halogens is 2. The second kappa shape index (κ2) is 16.6. The fraction of sp³-hybridized carbons (Fsp3) is 0.618. The van der Waals surface area contributed by atoms with E-state index in [4.69, 9.17) is 47.6 Å². The maximum absolute atomic E-state index is 13.1. The molecule has 1 unspecified atom stereocenters. The number of aromatic nitrogens is 4. The van der Waals surface area contributed by atoms with Crippen molar-refractivity contribution >= 4 is 57.4 Å². The summed E-state index contributed by atoms with van der Waals surface area (Å²) in [5.74, 6) is 0.774. The normalized spacial score (nSPS) is 22.2. The lowest BCUT2D eigenvalue weighted by Gasteiger charge is -2.39. The van der Waals surface area contributed by atoms with Crippen LogP contribution in [0.15, 0.2) is 12.4 Å². The van der Waals surface area contributed by atoms with Crippen molar-refractivity contribution in [3.8, 4) is 11.4 Å². The van der Waals surface area contributed by atoms with Crippen molar-refractivity contribution < 1.29 is 19.1 Å². The highest BCUT2D eigenvalue weighted by Crippen LogP contribution is 2.35. The lowest BCUT2D eigenvalue weighted by Crippen LogP contribution is -2.55. The van der Waals surface area contributed by atoms with E-state index in [2.05, 4.69) is 36.9 Å². The van der Waals surface area contributed by atoms with Crippen LogP contribution in [-0.2, 0) is 9.47 Å². The van der Waals surface area contributed by atoms with Gasteiger partial charge in [0.2, 0.25) is 0 Å². The molecule has 6 heterocycles. The summed E-state index contributed by atoms with van der Waals surface area (Å²) in [6, 6.07) is -0.268. The number of esters is 1. The highest BCUT2D eigenvalue weighted by molar-refractivity contribution is 7.17. The molecule has 0 spiro atoms. The summed E-state index contributed by atoms with van der Waals surface area (Å²) in [7, 11) is 2.22. The van der Waals surface area contributed by atoms with Gasteiger partial charge in [-0.1, -0.05) is 34.5 Å². The van der Waals surface area contributed by atoms with Crippen LogP contribution < -0.4 is 15.1 Å². The summed E-state index contributed by atoms with van der Waals surface area (Å²) in [5.41, 5.74) is 1.82. The summed E-state index contributed by atoms with van der Waals surface area (Å²) in [4.78, 5) is 53.4. The summed E-state index contributed by atoms with van der Waals surface area (Å²) in [6.07, 6.45) is 6.34. The van der Waals surface area contributed by atoms with Gasteiger partial charge in [-0.05, 0) is 59.5 Å². The van der Waals surface area contributed by atoms with E-state index in [1.165, 1.54) is 37.3 Å². The van der Waals surface area contributed by atoms with Crippen molar-refractivity contribution in [3.63, 3.8) is 0 Å². The minimum atomic E-state index is -0.447. The molecule has 0 aliphatic carbocycles. The molecule has 16 heteroatoms. The molecule has 50 heavy (non-hydrogen) atoms. The quantitative estimate of drug-likeness (QED) is 0.267. The molecule has 3 aromatic rings. The Labute approximate surface area is 307 Å². The molecule has 6 rings (SSSR count). The Bertz CT molecular complexity index is 1630. The minimum Gasteiger partial charge on any atom is -0.462 e. The van der Waals surface area contributed by atoms with Crippen LogP contribution >= 0.6 is 34.5 Å². The Hall–Kier alpha value is -3.01. The number of aromatic amines is 1. The van der Waals surface area contributed by atoms with E-state index in [0.717, 1.165) is 44.5 Å². The number of carbonyl (C=O) groups is 2. The molecule has 3 atom stereocenters. The number of likely N-dealkylation sites (tertiary alicyclic amines) is 1. The maximum Gasteiger partial charge on any atom is 0.350 e. The molecule has 3 aliphatic rings. The van der Waals surface area contributed by atoms with E-state index in [1.807, 2.05) is 6.92 Å². The van der Waals surface area contributed by atoms with E-state index in [1.54, 1.807) is 26.2 Å². The minimum absolute atomic E-state index is 0.200. The molecule has 0 radical (unpaired) electrons. The Morgan fingerprint density at radius 2 is 1.80 bits per heavy atom. The van der Waals surface area contributed by atoms with E-state index in [0.29, 0.717) is 58.2 Å². The van der Waals surface area contributed by atoms with Gasteiger partial charge in [0.1, 0.15) is 27.8 Å². The van der Waals surface area contributed by atoms with Gasteiger partial charge in [0.25, 0.3) is 5.91 Å². The average Bonchev–Trinajstić information content (AvgIpc) is 3.67. The van der Waals surface area contributed by atoms with Gasteiger partial charge in [-0.25, -0.2) is 19.7 Å². The molecule has 2 N–H and O–H groups in total. The van der Waals surface area contributed by atoms with Gasteiger partial charge in [-0.15, -0.1) is 0 Å². The highest BCUT2D eigenvalue weighted by atomic mass is 35.5. The van der Waals surface area contributed by atoms with Crippen LogP contribution in [0.25, 0.3) is 11.4 Å². The number of hydrogen-bond acceptors (Lipinski definition) is 12. The van der Waals surface area contributed by atoms with E-state index < -0.39 is 5.97 Å². The predicted octanol–water partition coefficient (Wildman–Crippen LogP) is 4.60. The second-order valence-corrected chi connectivity index (χ2v) is 15.0. The number of thiazole rings is 1. The molecule has 0 bridgehead atoms. The van der Waals surface area contributed by atoms with Crippen LogP contribution in [0.5, 0.6) is 0 Å². The van der Waals surface area contributed by atoms with Crippen molar-refractivity contribution in [2.75, 3.05) is 89.0 Å². The first kappa shape index (κ1) is 36.8. The first-order valence-corrected chi connectivity index (χ1v) is 19.1. The van der Waals surface area contributed by atoms with Gasteiger partial charge in [-0.2, -0.15) is 0 Å². The molecule has 3 saturated heterocycles. The van der Waals surface area contributed by atoms with Crippen LogP contribution in [0.1, 0.15) is 59.0 Å². The summed E-state index contributed by atoms with van der Waals surface area (Å²) in [6.45, 7) is 14.5. The highest BCUT2D eigenvalue weighted by Gasteiger charge is 2.35. The lowest BCUT2D eigenvalue weighted by molar-refractivity contribution is 0.0272. The number of piperazine rings is 1. The lowest BCUT2D eigenvalue weighted by atomic mass is 9.97. The number of nitrogens with one attached hydrogen (secondary N) is 2. The van der Waals surface area contributed by atoms with Gasteiger partial charge in [0.05, 0.1) is 41.2 Å². The smallest absolute Gasteiger partial charge is 0.350 e. The number of nitrogens with zero attached hydrogens (tertiary/aromatic N) is 7. The van der Waals surface area contributed by atoms with Crippen molar-refractivity contribution in [1.82, 2.24) is 35.1 Å². The number of carbonyl (C=O) groups excluding carboxylic acids is 2. The van der Waals surface area contributed by atoms with Crippen LogP contribution in [0.2, 0.25) is 10.0 Å². The van der Waals surface area contributed by atoms with Crippen molar-refractivity contribution in [2.45, 2.75) is 52.2 Å². The number of ether oxygens (including phenoxy) is 2.